The number of nitrogens with one attached hydrogen (secondary N) is 1. The maximum Gasteiger partial charge on any atom is 0.389 e. The summed E-state index contributed by atoms with van der Waals surface area (Å²) in [7, 11) is 0. The van der Waals surface area contributed by atoms with Crippen LogP contribution in [-0.2, 0) is 4.74 Å². The molecule has 0 saturated heterocycles. The molecular formula is C8H17F3N2O. The molecule has 14 heavy (non-hydrogen) atoms. The highest BCUT2D eigenvalue weighted by Crippen LogP contribution is 2.22. The molecule has 0 aliphatic rings. The number of hydrogen-bond donors (Lipinski definition) is 2. The van der Waals surface area contributed by atoms with Crippen molar-refractivity contribution in [1.82, 2.24) is 5.43 Å². The summed E-state index contributed by atoms with van der Waals surface area (Å²) in [5.41, 5.74) is 2.31. The van der Waals surface area contributed by atoms with Crippen LogP contribution in [0.4, 0.5) is 13.2 Å². The summed E-state index contributed by atoms with van der Waals surface area (Å²) in [6.07, 6.45) is -5.04. The van der Waals surface area contributed by atoms with Crippen LogP contribution in [0.15, 0.2) is 0 Å². The van der Waals surface area contributed by atoms with Gasteiger partial charge in [0.15, 0.2) is 0 Å². The van der Waals surface area contributed by atoms with Gasteiger partial charge in [-0.15, -0.1) is 0 Å². The van der Waals surface area contributed by atoms with E-state index in [0.717, 1.165) is 0 Å². The maximum absolute atomic E-state index is 11.8. The van der Waals surface area contributed by atoms with Crippen molar-refractivity contribution in [3.05, 3.63) is 0 Å². The van der Waals surface area contributed by atoms with E-state index in [0.29, 0.717) is 0 Å². The normalized spacial score (nSPS) is 14.8. The van der Waals surface area contributed by atoms with Gasteiger partial charge in [-0.05, 0) is 20.3 Å². The Kier molecular flexibility index (Phi) is 6.06. The van der Waals surface area contributed by atoms with Crippen LogP contribution >= 0.6 is 0 Å². The van der Waals surface area contributed by atoms with Gasteiger partial charge in [-0.2, -0.15) is 13.2 Å². The maximum atomic E-state index is 11.8. The van der Waals surface area contributed by atoms with Crippen molar-refractivity contribution in [2.45, 2.75) is 45.0 Å². The van der Waals surface area contributed by atoms with Crippen molar-refractivity contribution in [2.24, 2.45) is 5.84 Å². The van der Waals surface area contributed by atoms with E-state index in [1.807, 2.05) is 13.8 Å². The number of hydrogen-bond acceptors (Lipinski definition) is 3. The van der Waals surface area contributed by atoms with Gasteiger partial charge in [0.2, 0.25) is 0 Å². The lowest BCUT2D eigenvalue weighted by Gasteiger charge is -2.18. The molecule has 0 fully saturated rings. The van der Waals surface area contributed by atoms with Crippen LogP contribution in [0, 0.1) is 0 Å². The zero-order chi connectivity index (χ0) is 11.2. The smallest absolute Gasteiger partial charge is 0.377 e. The van der Waals surface area contributed by atoms with E-state index in [1.54, 1.807) is 0 Å². The van der Waals surface area contributed by atoms with E-state index >= 15 is 0 Å². The van der Waals surface area contributed by atoms with Crippen molar-refractivity contribution in [3.8, 4) is 0 Å². The molecule has 0 rings (SSSR count). The molecule has 0 aliphatic heterocycles. The summed E-state index contributed by atoms with van der Waals surface area (Å²) >= 11 is 0. The third-order valence-electron chi connectivity index (χ3n) is 1.64. The van der Waals surface area contributed by atoms with Gasteiger partial charge in [0.1, 0.15) is 0 Å². The first kappa shape index (κ1) is 13.7. The second kappa shape index (κ2) is 6.21. The minimum atomic E-state index is -4.13. The number of ether oxygens (including phenoxy) is 1. The topological polar surface area (TPSA) is 47.3 Å². The fourth-order valence-corrected chi connectivity index (χ4v) is 0.861. The molecule has 0 spiro atoms. The van der Waals surface area contributed by atoms with Gasteiger partial charge in [0.25, 0.3) is 0 Å². The molecule has 0 radical (unpaired) electrons. The molecule has 3 nitrogen and oxygen atoms in total. The number of alkyl halides is 3. The van der Waals surface area contributed by atoms with Gasteiger partial charge in [0.05, 0.1) is 12.7 Å². The van der Waals surface area contributed by atoms with E-state index in [2.05, 4.69) is 5.43 Å². The Morgan fingerprint density at radius 2 is 1.93 bits per heavy atom. The van der Waals surface area contributed by atoms with Crippen molar-refractivity contribution >= 4 is 0 Å². The van der Waals surface area contributed by atoms with Crippen LogP contribution in [0.3, 0.4) is 0 Å². The molecule has 6 heteroatoms. The summed E-state index contributed by atoms with van der Waals surface area (Å²) < 4.78 is 40.7. The Bertz CT molecular complexity index is 150. The van der Waals surface area contributed by atoms with E-state index in [1.165, 1.54) is 0 Å². The molecule has 86 valence electrons. The molecule has 1 unspecified atom stereocenters. The summed E-state index contributed by atoms with van der Waals surface area (Å²) in [6.45, 7) is 3.83. The molecule has 0 saturated carbocycles. The van der Waals surface area contributed by atoms with Crippen molar-refractivity contribution in [3.63, 3.8) is 0 Å². The SMILES string of the molecule is CC(C)OCC(CCC(F)(F)F)NN. The zero-order valence-corrected chi connectivity index (χ0v) is 8.40. The Morgan fingerprint density at radius 1 is 1.36 bits per heavy atom. The summed E-state index contributed by atoms with van der Waals surface area (Å²) in [6, 6.07) is -0.445. The average Bonchev–Trinajstić information content (AvgIpc) is 2.02. The van der Waals surface area contributed by atoms with Crippen LogP contribution in [0.1, 0.15) is 26.7 Å². The van der Waals surface area contributed by atoms with E-state index < -0.39 is 18.6 Å². The molecule has 0 aromatic rings. The van der Waals surface area contributed by atoms with Crippen molar-refractivity contribution in [1.29, 1.82) is 0 Å². The van der Waals surface area contributed by atoms with Gasteiger partial charge in [-0.1, -0.05) is 0 Å². The minimum absolute atomic E-state index is 0.00302. The average molecular weight is 214 g/mol. The highest BCUT2D eigenvalue weighted by molar-refractivity contribution is 4.65. The minimum Gasteiger partial charge on any atom is -0.377 e. The molecule has 0 aromatic heterocycles. The summed E-state index contributed by atoms with van der Waals surface area (Å²) in [5.74, 6) is 5.09. The number of halogens is 3. The van der Waals surface area contributed by atoms with E-state index in [9.17, 15) is 13.2 Å². The molecular weight excluding hydrogens is 197 g/mol. The Balaban J connectivity index is 3.69. The molecule has 0 heterocycles. The predicted molar refractivity (Wildman–Crippen MR) is 47.5 cm³/mol. The van der Waals surface area contributed by atoms with Gasteiger partial charge >= 0.3 is 6.18 Å². The molecule has 0 aliphatic carbocycles. The fourth-order valence-electron chi connectivity index (χ4n) is 0.861. The lowest BCUT2D eigenvalue weighted by atomic mass is 10.2. The molecule has 3 N–H and O–H groups in total. The third-order valence-corrected chi connectivity index (χ3v) is 1.64. The van der Waals surface area contributed by atoms with Crippen molar-refractivity contribution < 1.29 is 17.9 Å². The quantitative estimate of drug-likeness (QED) is 0.521. The zero-order valence-electron chi connectivity index (χ0n) is 8.40. The number of rotatable bonds is 6. The van der Waals surface area contributed by atoms with Crippen LogP contribution in [0.25, 0.3) is 0 Å². The lowest BCUT2D eigenvalue weighted by molar-refractivity contribution is -0.137. The van der Waals surface area contributed by atoms with Crippen molar-refractivity contribution in [2.75, 3.05) is 6.61 Å². The van der Waals surface area contributed by atoms with Crippen LogP contribution in [0.5, 0.6) is 0 Å². The summed E-state index contributed by atoms with van der Waals surface area (Å²) in [5, 5.41) is 0. The second-order valence-corrected chi connectivity index (χ2v) is 3.40. The van der Waals surface area contributed by atoms with Crippen LogP contribution < -0.4 is 11.3 Å². The number of hydrazine groups is 1. The lowest BCUT2D eigenvalue weighted by Crippen LogP contribution is -2.40. The van der Waals surface area contributed by atoms with E-state index in [-0.39, 0.29) is 19.1 Å². The van der Waals surface area contributed by atoms with Crippen LogP contribution in [0.2, 0.25) is 0 Å². The van der Waals surface area contributed by atoms with Gasteiger partial charge in [-0.3, -0.25) is 11.3 Å². The van der Waals surface area contributed by atoms with Gasteiger partial charge < -0.3 is 4.74 Å². The highest BCUT2D eigenvalue weighted by atomic mass is 19.4. The number of nitrogens with two attached hydrogens (primary N) is 1. The molecule has 0 bridgehead atoms. The molecule has 0 aromatic carbocycles. The first-order chi connectivity index (χ1) is 6.35. The Labute approximate surface area is 81.8 Å². The molecule has 0 amide bonds. The van der Waals surface area contributed by atoms with E-state index in [4.69, 9.17) is 10.6 Å². The molecule has 1 atom stereocenters. The first-order valence-corrected chi connectivity index (χ1v) is 4.49. The Morgan fingerprint density at radius 3 is 2.29 bits per heavy atom. The second-order valence-electron chi connectivity index (χ2n) is 3.40. The standard InChI is InChI=1S/C8H17F3N2O/c1-6(2)14-5-7(13-12)3-4-8(9,10)11/h6-7,13H,3-5,12H2,1-2H3. The summed E-state index contributed by atoms with van der Waals surface area (Å²) in [4.78, 5) is 0. The van der Waals surface area contributed by atoms with Crippen LogP contribution in [-0.4, -0.2) is 24.9 Å². The highest BCUT2D eigenvalue weighted by Gasteiger charge is 2.28. The van der Waals surface area contributed by atoms with Gasteiger partial charge in [-0.25, -0.2) is 0 Å². The fraction of sp³-hybridized carbons (Fsp3) is 1.00. The largest absolute Gasteiger partial charge is 0.389 e. The Hall–Kier alpha value is -0.330. The third kappa shape index (κ3) is 8.28. The van der Waals surface area contributed by atoms with Gasteiger partial charge in [0, 0.05) is 12.5 Å². The first-order valence-electron chi connectivity index (χ1n) is 4.49. The monoisotopic (exact) mass is 214 g/mol. The predicted octanol–water partition coefficient (Wildman–Crippen LogP) is 1.59.